The van der Waals surface area contributed by atoms with E-state index in [-0.39, 0.29) is 24.8 Å². The first-order valence-corrected chi connectivity index (χ1v) is 9.27. The summed E-state index contributed by atoms with van der Waals surface area (Å²) in [4.78, 5) is 39.7. The Bertz CT molecular complexity index is 830. The SMILES string of the molecule is CC(C)(C)OC(=O)Nc1ccc(C(=O)NCCC(=O)NCc2ccncc2)cc1. The zero-order chi connectivity index (χ0) is 21.3. The summed E-state index contributed by atoms with van der Waals surface area (Å²) in [5.41, 5.74) is 1.31. The Balaban J connectivity index is 1.72. The van der Waals surface area contributed by atoms with Gasteiger partial charge in [-0.25, -0.2) is 4.79 Å². The first-order valence-electron chi connectivity index (χ1n) is 9.27. The van der Waals surface area contributed by atoms with Crippen molar-refractivity contribution >= 4 is 23.6 Å². The maximum atomic E-state index is 12.2. The zero-order valence-electron chi connectivity index (χ0n) is 16.8. The first-order chi connectivity index (χ1) is 13.7. The third kappa shape index (κ3) is 8.42. The minimum Gasteiger partial charge on any atom is -0.444 e. The lowest BCUT2D eigenvalue weighted by molar-refractivity contribution is -0.121. The van der Waals surface area contributed by atoms with Gasteiger partial charge in [0.1, 0.15) is 5.60 Å². The van der Waals surface area contributed by atoms with E-state index in [1.165, 1.54) is 0 Å². The molecule has 0 unspecified atom stereocenters. The van der Waals surface area contributed by atoms with Crippen LogP contribution in [0.1, 0.15) is 43.1 Å². The van der Waals surface area contributed by atoms with Gasteiger partial charge in [0, 0.05) is 43.2 Å². The standard InChI is InChI=1S/C21H26N4O4/c1-21(2,3)29-20(28)25-17-6-4-16(5-7-17)19(27)23-13-10-18(26)24-14-15-8-11-22-12-9-15/h4-9,11-12H,10,13-14H2,1-3H3,(H,23,27)(H,24,26)(H,25,28). The molecule has 0 atom stereocenters. The molecule has 154 valence electrons. The molecule has 1 aromatic carbocycles. The van der Waals surface area contributed by atoms with Gasteiger partial charge in [-0.15, -0.1) is 0 Å². The van der Waals surface area contributed by atoms with Gasteiger partial charge < -0.3 is 15.4 Å². The molecular formula is C21H26N4O4. The summed E-state index contributed by atoms with van der Waals surface area (Å²) in [6, 6.07) is 10.0. The number of carbonyl (C=O) groups is 3. The monoisotopic (exact) mass is 398 g/mol. The number of carbonyl (C=O) groups excluding carboxylic acids is 3. The lowest BCUT2D eigenvalue weighted by atomic mass is 10.2. The van der Waals surface area contributed by atoms with Crippen molar-refractivity contribution < 1.29 is 19.1 Å². The molecule has 8 heteroatoms. The molecule has 0 saturated carbocycles. The van der Waals surface area contributed by atoms with Gasteiger partial charge in [0.2, 0.25) is 5.91 Å². The number of hydrogen-bond acceptors (Lipinski definition) is 5. The topological polar surface area (TPSA) is 109 Å². The molecule has 3 amide bonds. The molecular weight excluding hydrogens is 372 g/mol. The Morgan fingerprint density at radius 3 is 2.24 bits per heavy atom. The van der Waals surface area contributed by atoms with Crippen LogP contribution < -0.4 is 16.0 Å². The number of benzene rings is 1. The molecule has 2 rings (SSSR count). The number of hydrogen-bond donors (Lipinski definition) is 3. The van der Waals surface area contributed by atoms with Crippen molar-refractivity contribution in [1.29, 1.82) is 0 Å². The average molecular weight is 398 g/mol. The molecule has 0 radical (unpaired) electrons. The van der Waals surface area contributed by atoms with Crippen LogP contribution in [0.4, 0.5) is 10.5 Å². The largest absolute Gasteiger partial charge is 0.444 e. The lowest BCUT2D eigenvalue weighted by Gasteiger charge is -2.19. The van der Waals surface area contributed by atoms with E-state index in [2.05, 4.69) is 20.9 Å². The van der Waals surface area contributed by atoms with E-state index in [1.807, 2.05) is 12.1 Å². The second-order valence-electron chi connectivity index (χ2n) is 7.34. The summed E-state index contributed by atoms with van der Waals surface area (Å²) < 4.78 is 5.17. The van der Waals surface area contributed by atoms with Crippen molar-refractivity contribution in [3.8, 4) is 0 Å². The molecule has 3 N–H and O–H groups in total. The van der Waals surface area contributed by atoms with Crippen LogP contribution in [0, 0.1) is 0 Å². The fourth-order valence-electron chi connectivity index (χ4n) is 2.31. The Kier molecular flexibility index (Phi) is 7.70. The fourth-order valence-corrected chi connectivity index (χ4v) is 2.31. The maximum Gasteiger partial charge on any atom is 0.412 e. The highest BCUT2D eigenvalue weighted by atomic mass is 16.6. The van der Waals surface area contributed by atoms with Crippen LogP contribution in [0.2, 0.25) is 0 Å². The Labute approximate surface area is 170 Å². The van der Waals surface area contributed by atoms with Crippen LogP contribution in [0.5, 0.6) is 0 Å². The smallest absolute Gasteiger partial charge is 0.412 e. The molecule has 29 heavy (non-hydrogen) atoms. The van der Waals surface area contributed by atoms with Gasteiger partial charge in [-0.1, -0.05) is 0 Å². The number of nitrogens with one attached hydrogen (secondary N) is 3. The van der Waals surface area contributed by atoms with Crippen molar-refractivity contribution in [1.82, 2.24) is 15.6 Å². The second-order valence-corrected chi connectivity index (χ2v) is 7.34. The summed E-state index contributed by atoms with van der Waals surface area (Å²) in [6.07, 6.45) is 2.94. The molecule has 1 aromatic heterocycles. The lowest BCUT2D eigenvalue weighted by Crippen LogP contribution is -2.30. The number of rotatable bonds is 7. The highest BCUT2D eigenvalue weighted by molar-refractivity contribution is 5.95. The summed E-state index contributed by atoms with van der Waals surface area (Å²) in [6.45, 7) is 5.97. The van der Waals surface area contributed by atoms with Crippen LogP contribution >= 0.6 is 0 Å². The highest BCUT2D eigenvalue weighted by Gasteiger charge is 2.16. The second kappa shape index (κ2) is 10.2. The number of ether oxygens (including phenoxy) is 1. The van der Waals surface area contributed by atoms with E-state index < -0.39 is 11.7 Å². The van der Waals surface area contributed by atoms with Gasteiger partial charge in [0.25, 0.3) is 5.91 Å². The molecule has 0 aliphatic rings. The van der Waals surface area contributed by atoms with Gasteiger partial charge in [-0.05, 0) is 62.7 Å². The Hall–Kier alpha value is -3.42. The van der Waals surface area contributed by atoms with E-state index >= 15 is 0 Å². The third-order valence-corrected chi connectivity index (χ3v) is 3.67. The van der Waals surface area contributed by atoms with E-state index in [1.54, 1.807) is 57.4 Å². The van der Waals surface area contributed by atoms with E-state index in [0.717, 1.165) is 5.56 Å². The van der Waals surface area contributed by atoms with Gasteiger partial charge in [0.15, 0.2) is 0 Å². The minimum atomic E-state index is -0.589. The van der Waals surface area contributed by atoms with Crippen LogP contribution in [-0.2, 0) is 16.1 Å². The molecule has 0 saturated heterocycles. The van der Waals surface area contributed by atoms with Gasteiger partial charge in [-0.2, -0.15) is 0 Å². The number of amides is 3. The molecule has 0 aliphatic carbocycles. The predicted molar refractivity (Wildman–Crippen MR) is 109 cm³/mol. The van der Waals surface area contributed by atoms with Gasteiger partial charge in [-0.3, -0.25) is 19.9 Å². The Morgan fingerprint density at radius 2 is 1.62 bits per heavy atom. The molecule has 0 fully saturated rings. The van der Waals surface area contributed by atoms with Crippen molar-refractivity contribution in [2.75, 3.05) is 11.9 Å². The molecule has 2 aromatic rings. The van der Waals surface area contributed by atoms with Crippen molar-refractivity contribution in [3.63, 3.8) is 0 Å². The van der Waals surface area contributed by atoms with Crippen LogP contribution in [0.3, 0.4) is 0 Å². The molecule has 0 bridgehead atoms. The fraction of sp³-hybridized carbons (Fsp3) is 0.333. The first kappa shape index (κ1) is 21.9. The maximum absolute atomic E-state index is 12.2. The van der Waals surface area contributed by atoms with E-state index in [4.69, 9.17) is 4.74 Å². The number of anilines is 1. The van der Waals surface area contributed by atoms with Crippen LogP contribution in [0.15, 0.2) is 48.8 Å². The number of pyridine rings is 1. The Morgan fingerprint density at radius 1 is 0.966 bits per heavy atom. The summed E-state index contributed by atoms with van der Waals surface area (Å²) in [7, 11) is 0. The normalized spacial score (nSPS) is 10.7. The minimum absolute atomic E-state index is 0.154. The van der Waals surface area contributed by atoms with E-state index in [9.17, 15) is 14.4 Å². The molecule has 8 nitrogen and oxygen atoms in total. The van der Waals surface area contributed by atoms with Crippen molar-refractivity contribution in [3.05, 3.63) is 59.9 Å². The molecule has 0 aliphatic heterocycles. The van der Waals surface area contributed by atoms with Crippen molar-refractivity contribution in [2.45, 2.75) is 39.3 Å². The summed E-state index contributed by atoms with van der Waals surface area (Å²) in [5.74, 6) is -0.449. The average Bonchev–Trinajstić information content (AvgIpc) is 2.66. The molecule has 0 spiro atoms. The van der Waals surface area contributed by atoms with Crippen LogP contribution in [0.25, 0.3) is 0 Å². The summed E-state index contributed by atoms with van der Waals surface area (Å²) >= 11 is 0. The highest BCUT2D eigenvalue weighted by Crippen LogP contribution is 2.13. The quantitative estimate of drug-likeness (QED) is 0.664. The molecule has 1 heterocycles. The van der Waals surface area contributed by atoms with E-state index in [0.29, 0.717) is 17.8 Å². The predicted octanol–water partition coefficient (Wildman–Crippen LogP) is 2.86. The summed E-state index contributed by atoms with van der Waals surface area (Å²) in [5, 5.41) is 8.08. The zero-order valence-corrected chi connectivity index (χ0v) is 16.8. The number of nitrogens with zero attached hydrogens (tertiary/aromatic N) is 1. The van der Waals surface area contributed by atoms with Crippen molar-refractivity contribution in [2.24, 2.45) is 0 Å². The van der Waals surface area contributed by atoms with Crippen LogP contribution in [-0.4, -0.2) is 35.0 Å². The third-order valence-electron chi connectivity index (χ3n) is 3.67. The van der Waals surface area contributed by atoms with Gasteiger partial charge >= 0.3 is 6.09 Å². The van der Waals surface area contributed by atoms with Gasteiger partial charge in [0.05, 0.1) is 0 Å². The number of aromatic nitrogens is 1.